The van der Waals surface area contributed by atoms with Crippen LogP contribution in [-0.4, -0.2) is 33.1 Å². The SMILES string of the molecule is COc1cccc(C(=O)Oc2cccc(/C=C/C(=O)c3cc(OC)ccc3OC)c2)c1. The van der Waals surface area contributed by atoms with E-state index in [4.69, 9.17) is 18.9 Å². The van der Waals surface area contributed by atoms with Gasteiger partial charge >= 0.3 is 5.97 Å². The van der Waals surface area contributed by atoms with E-state index in [0.717, 1.165) is 0 Å². The van der Waals surface area contributed by atoms with Crippen molar-refractivity contribution >= 4 is 17.8 Å². The number of carbonyl (C=O) groups excluding carboxylic acids is 2. The highest BCUT2D eigenvalue weighted by molar-refractivity contribution is 6.09. The standard InChI is InChI=1S/C25H22O6/c1-28-19-8-5-7-18(15-19)25(27)31-21-9-4-6-17(14-21)10-12-23(26)22-16-20(29-2)11-13-24(22)30-3/h4-16H,1-3H3/b12-10+. The Morgan fingerprint density at radius 1 is 0.742 bits per heavy atom. The molecule has 0 bridgehead atoms. The number of methoxy groups -OCH3 is 3. The van der Waals surface area contributed by atoms with Crippen LogP contribution < -0.4 is 18.9 Å². The van der Waals surface area contributed by atoms with Crippen molar-refractivity contribution in [1.82, 2.24) is 0 Å². The van der Waals surface area contributed by atoms with E-state index in [1.54, 1.807) is 72.8 Å². The summed E-state index contributed by atoms with van der Waals surface area (Å²) in [5.41, 5.74) is 1.46. The normalized spacial score (nSPS) is 10.5. The van der Waals surface area contributed by atoms with Gasteiger partial charge in [-0.2, -0.15) is 0 Å². The molecule has 0 saturated heterocycles. The lowest BCUT2D eigenvalue weighted by Crippen LogP contribution is -2.08. The molecule has 3 aromatic carbocycles. The number of ether oxygens (including phenoxy) is 4. The Labute approximate surface area is 180 Å². The van der Waals surface area contributed by atoms with E-state index in [-0.39, 0.29) is 5.78 Å². The van der Waals surface area contributed by atoms with Crippen molar-refractivity contribution in [2.24, 2.45) is 0 Å². The van der Waals surface area contributed by atoms with Crippen molar-refractivity contribution in [3.05, 3.63) is 89.5 Å². The van der Waals surface area contributed by atoms with Gasteiger partial charge in [-0.25, -0.2) is 4.79 Å². The highest BCUT2D eigenvalue weighted by atomic mass is 16.5. The lowest BCUT2D eigenvalue weighted by molar-refractivity contribution is 0.0734. The molecular formula is C25H22O6. The molecule has 0 saturated carbocycles. The minimum atomic E-state index is -0.503. The van der Waals surface area contributed by atoms with Gasteiger partial charge in [-0.3, -0.25) is 4.79 Å². The van der Waals surface area contributed by atoms with Crippen LogP contribution in [0.2, 0.25) is 0 Å². The molecule has 0 radical (unpaired) electrons. The van der Waals surface area contributed by atoms with Gasteiger partial charge in [0.05, 0.1) is 32.5 Å². The molecule has 31 heavy (non-hydrogen) atoms. The average Bonchev–Trinajstić information content (AvgIpc) is 2.82. The van der Waals surface area contributed by atoms with Crippen LogP contribution in [0.4, 0.5) is 0 Å². The van der Waals surface area contributed by atoms with Crippen LogP contribution in [0.3, 0.4) is 0 Å². The van der Waals surface area contributed by atoms with Crippen molar-refractivity contribution in [3.8, 4) is 23.0 Å². The number of benzene rings is 3. The van der Waals surface area contributed by atoms with Gasteiger partial charge in [0.2, 0.25) is 0 Å². The third-order valence-electron chi connectivity index (χ3n) is 4.47. The number of allylic oxidation sites excluding steroid dienone is 1. The van der Waals surface area contributed by atoms with Crippen LogP contribution in [0.1, 0.15) is 26.3 Å². The first-order valence-corrected chi connectivity index (χ1v) is 9.45. The first-order chi connectivity index (χ1) is 15.0. The first-order valence-electron chi connectivity index (χ1n) is 9.45. The molecule has 0 atom stereocenters. The number of esters is 1. The van der Waals surface area contributed by atoms with Crippen molar-refractivity contribution in [2.75, 3.05) is 21.3 Å². The maximum atomic E-state index is 12.7. The molecule has 0 aliphatic carbocycles. The highest BCUT2D eigenvalue weighted by Gasteiger charge is 2.12. The zero-order valence-electron chi connectivity index (χ0n) is 17.5. The molecule has 6 nitrogen and oxygen atoms in total. The zero-order valence-corrected chi connectivity index (χ0v) is 17.5. The quantitative estimate of drug-likeness (QED) is 0.226. The van der Waals surface area contributed by atoms with E-state index in [1.807, 2.05) is 0 Å². The fourth-order valence-corrected chi connectivity index (χ4v) is 2.87. The molecule has 6 heteroatoms. The minimum Gasteiger partial charge on any atom is -0.497 e. The molecule has 0 aliphatic rings. The Morgan fingerprint density at radius 3 is 2.19 bits per heavy atom. The first kappa shape index (κ1) is 21.6. The van der Waals surface area contributed by atoms with Crippen LogP contribution in [0.5, 0.6) is 23.0 Å². The minimum absolute atomic E-state index is 0.241. The van der Waals surface area contributed by atoms with Gasteiger partial charge in [-0.1, -0.05) is 24.3 Å². The van der Waals surface area contributed by atoms with Crippen molar-refractivity contribution in [1.29, 1.82) is 0 Å². The molecular weight excluding hydrogens is 396 g/mol. The van der Waals surface area contributed by atoms with Gasteiger partial charge in [0.15, 0.2) is 5.78 Å². The summed E-state index contributed by atoms with van der Waals surface area (Å²) in [6.45, 7) is 0. The second-order valence-electron chi connectivity index (χ2n) is 6.46. The lowest BCUT2D eigenvalue weighted by atomic mass is 10.1. The molecule has 0 N–H and O–H groups in total. The Kier molecular flexibility index (Phi) is 7.06. The zero-order chi connectivity index (χ0) is 22.2. The second-order valence-corrected chi connectivity index (χ2v) is 6.46. The Balaban J connectivity index is 1.75. The molecule has 0 heterocycles. The number of hydrogen-bond acceptors (Lipinski definition) is 6. The summed E-state index contributed by atoms with van der Waals surface area (Å²) in [6.07, 6.45) is 3.07. The summed E-state index contributed by atoms with van der Waals surface area (Å²) in [6, 6.07) is 18.6. The third-order valence-corrected chi connectivity index (χ3v) is 4.47. The molecule has 0 aliphatic heterocycles. The van der Waals surface area contributed by atoms with E-state index in [2.05, 4.69) is 0 Å². The van der Waals surface area contributed by atoms with E-state index < -0.39 is 5.97 Å². The fourth-order valence-electron chi connectivity index (χ4n) is 2.87. The van der Waals surface area contributed by atoms with Crippen molar-refractivity contribution < 1.29 is 28.5 Å². The molecule has 0 amide bonds. The maximum Gasteiger partial charge on any atom is 0.343 e. The van der Waals surface area contributed by atoms with E-state index in [9.17, 15) is 9.59 Å². The monoisotopic (exact) mass is 418 g/mol. The van der Waals surface area contributed by atoms with Gasteiger partial charge in [-0.05, 0) is 60.2 Å². The van der Waals surface area contributed by atoms with Gasteiger partial charge in [0.1, 0.15) is 23.0 Å². The molecule has 0 unspecified atom stereocenters. The lowest BCUT2D eigenvalue weighted by Gasteiger charge is -2.08. The summed E-state index contributed by atoms with van der Waals surface area (Å²) in [7, 11) is 4.56. The summed E-state index contributed by atoms with van der Waals surface area (Å²) in [4.78, 5) is 25.1. The second kappa shape index (κ2) is 10.1. The predicted octanol–water partition coefficient (Wildman–Crippen LogP) is 4.83. The summed E-state index contributed by atoms with van der Waals surface area (Å²) in [5.74, 6) is 1.20. The highest BCUT2D eigenvalue weighted by Crippen LogP contribution is 2.25. The van der Waals surface area contributed by atoms with E-state index >= 15 is 0 Å². The predicted molar refractivity (Wildman–Crippen MR) is 117 cm³/mol. The van der Waals surface area contributed by atoms with Crippen LogP contribution >= 0.6 is 0 Å². The summed E-state index contributed by atoms with van der Waals surface area (Å²) >= 11 is 0. The maximum absolute atomic E-state index is 12.7. The van der Waals surface area contributed by atoms with Crippen LogP contribution in [0.15, 0.2) is 72.8 Å². The Hall–Kier alpha value is -4.06. The van der Waals surface area contributed by atoms with E-state index in [0.29, 0.717) is 39.7 Å². The van der Waals surface area contributed by atoms with Gasteiger partial charge in [0.25, 0.3) is 0 Å². The van der Waals surface area contributed by atoms with Gasteiger partial charge < -0.3 is 18.9 Å². The van der Waals surface area contributed by atoms with Crippen LogP contribution in [0, 0.1) is 0 Å². The van der Waals surface area contributed by atoms with Crippen LogP contribution in [-0.2, 0) is 0 Å². The number of ketones is 1. The van der Waals surface area contributed by atoms with Crippen molar-refractivity contribution in [3.63, 3.8) is 0 Å². The summed E-state index contributed by atoms with van der Waals surface area (Å²) in [5, 5.41) is 0. The molecule has 0 aromatic heterocycles. The number of rotatable bonds is 8. The molecule has 158 valence electrons. The van der Waals surface area contributed by atoms with Crippen molar-refractivity contribution in [2.45, 2.75) is 0 Å². The van der Waals surface area contributed by atoms with Gasteiger partial charge in [0, 0.05) is 0 Å². The molecule has 3 rings (SSSR count). The van der Waals surface area contributed by atoms with E-state index in [1.165, 1.54) is 27.4 Å². The molecule has 3 aromatic rings. The molecule has 0 spiro atoms. The van der Waals surface area contributed by atoms with Gasteiger partial charge in [-0.15, -0.1) is 0 Å². The third kappa shape index (κ3) is 5.51. The number of carbonyl (C=O) groups is 2. The smallest absolute Gasteiger partial charge is 0.343 e. The molecule has 0 fully saturated rings. The Morgan fingerprint density at radius 2 is 1.45 bits per heavy atom. The Bertz CT molecular complexity index is 1120. The topological polar surface area (TPSA) is 71.1 Å². The van der Waals surface area contributed by atoms with Crippen LogP contribution in [0.25, 0.3) is 6.08 Å². The number of hydrogen-bond donors (Lipinski definition) is 0. The summed E-state index contributed by atoms with van der Waals surface area (Å²) < 4.78 is 21.0. The average molecular weight is 418 g/mol. The fraction of sp³-hybridized carbons (Fsp3) is 0.120. The largest absolute Gasteiger partial charge is 0.497 e.